The van der Waals surface area contributed by atoms with Crippen molar-refractivity contribution in [3.63, 3.8) is 0 Å². The number of hydrogen-bond acceptors (Lipinski definition) is 5. The predicted octanol–water partition coefficient (Wildman–Crippen LogP) is 6.65. The topological polar surface area (TPSA) is 72.8 Å². The molecule has 0 spiro atoms. The summed E-state index contributed by atoms with van der Waals surface area (Å²) in [7, 11) is 0. The van der Waals surface area contributed by atoms with E-state index in [4.69, 9.17) is 4.74 Å². The van der Waals surface area contributed by atoms with Crippen LogP contribution in [0, 0.1) is 11.3 Å². The van der Waals surface area contributed by atoms with Crippen molar-refractivity contribution >= 4 is 29.4 Å². The third-order valence-corrected chi connectivity index (χ3v) is 5.96. The van der Waals surface area contributed by atoms with Crippen LogP contribution in [-0.2, 0) is 14.3 Å². The number of aliphatic imine (C=N–C) groups is 1. The van der Waals surface area contributed by atoms with Crippen molar-refractivity contribution < 1.29 is 19.1 Å². The molecule has 0 aliphatic heterocycles. The molecule has 0 amide bonds. The summed E-state index contributed by atoms with van der Waals surface area (Å²) in [5.74, 6) is -1.25. The summed E-state index contributed by atoms with van der Waals surface area (Å²) >= 11 is 0. The van der Waals surface area contributed by atoms with Gasteiger partial charge >= 0.3 is 5.97 Å². The van der Waals surface area contributed by atoms with E-state index in [0.717, 1.165) is 12.8 Å². The standard InChI is InChI=1S/C27H39NO4/c1-4-5-6-7-8-9-10-11-12-17-32-26(31)21-13-15-22(16-14-21)28-20-23-24(29)18-27(2,3)19-25(23)30/h13-16,20,23H,4-12,17-19H2,1-3H3. The van der Waals surface area contributed by atoms with E-state index in [-0.39, 0.29) is 23.0 Å². The van der Waals surface area contributed by atoms with Gasteiger partial charge in [-0.1, -0.05) is 72.1 Å². The van der Waals surface area contributed by atoms with Crippen molar-refractivity contribution in [2.75, 3.05) is 6.61 Å². The monoisotopic (exact) mass is 441 g/mol. The van der Waals surface area contributed by atoms with Crippen LogP contribution in [-0.4, -0.2) is 30.4 Å². The maximum absolute atomic E-state index is 12.2. The molecule has 0 radical (unpaired) electrons. The maximum atomic E-state index is 12.2. The van der Waals surface area contributed by atoms with Crippen molar-refractivity contribution in [2.24, 2.45) is 16.3 Å². The lowest BCUT2D eigenvalue weighted by Gasteiger charge is -2.30. The molecular formula is C27H39NO4. The molecule has 0 heterocycles. The number of unbranched alkanes of at least 4 members (excludes halogenated alkanes) is 8. The molecule has 32 heavy (non-hydrogen) atoms. The Kier molecular flexibility index (Phi) is 10.8. The molecule has 1 aliphatic carbocycles. The van der Waals surface area contributed by atoms with E-state index in [1.54, 1.807) is 24.3 Å². The van der Waals surface area contributed by atoms with Crippen molar-refractivity contribution in [2.45, 2.75) is 91.4 Å². The van der Waals surface area contributed by atoms with Gasteiger partial charge in [0.05, 0.1) is 17.9 Å². The molecule has 5 heteroatoms. The Morgan fingerprint density at radius 3 is 2.03 bits per heavy atom. The van der Waals surface area contributed by atoms with Gasteiger partial charge in [-0.3, -0.25) is 14.6 Å². The first-order chi connectivity index (χ1) is 15.3. The van der Waals surface area contributed by atoms with Crippen LogP contribution in [0.4, 0.5) is 5.69 Å². The van der Waals surface area contributed by atoms with Crippen LogP contribution in [0.25, 0.3) is 0 Å². The predicted molar refractivity (Wildman–Crippen MR) is 129 cm³/mol. The van der Waals surface area contributed by atoms with E-state index < -0.39 is 5.92 Å². The largest absolute Gasteiger partial charge is 0.462 e. The van der Waals surface area contributed by atoms with Crippen molar-refractivity contribution in [3.8, 4) is 0 Å². The van der Waals surface area contributed by atoms with Gasteiger partial charge in [-0.15, -0.1) is 0 Å². The zero-order chi connectivity index (χ0) is 23.4. The van der Waals surface area contributed by atoms with Gasteiger partial charge in [-0.2, -0.15) is 0 Å². The van der Waals surface area contributed by atoms with E-state index in [2.05, 4.69) is 11.9 Å². The van der Waals surface area contributed by atoms with Gasteiger partial charge in [0.15, 0.2) is 0 Å². The summed E-state index contributed by atoms with van der Waals surface area (Å²) in [4.78, 5) is 41.0. The first-order valence-electron chi connectivity index (χ1n) is 12.2. The van der Waals surface area contributed by atoms with Crippen molar-refractivity contribution in [1.82, 2.24) is 0 Å². The molecule has 0 bridgehead atoms. The summed E-state index contributed by atoms with van der Waals surface area (Å²) < 4.78 is 5.36. The Labute approximate surface area is 193 Å². The molecule has 1 aromatic carbocycles. The quantitative estimate of drug-likeness (QED) is 0.149. The molecule has 0 unspecified atom stereocenters. The van der Waals surface area contributed by atoms with Gasteiger partial charge in [-0.25, -0.2) is 4.79 Å². The van der Waals surface area contributed by atoms with E-state index in [0.29, 0.717) is 30.7 Å². The third-order valence-electron chi connectivity index (χ3n) is 5.96. The third kappa shape index (κ3) is 9.05. The molecule has 0 atom stereocenters. The average Bonchev–Trinajstić information content (AvgIpc) is 2.74. The van der Waals surface area contributed by atoms with Crippen LogP contribution in [0.1, 0.15) is 102 Å². The second-order valence-electron chi connectivity index (χ2n) is 9.72. The fourth-order valence-electron chi connectivity index (χ4n) is 4.08. The number of carbonyl (C=O) groups excluding carboxylic acids is 3. The number of ether oxygens (including phenoxy) is 1. The summed E-state index contributed by atoms with van der Waals surface area (Å²) in [5.41, 5.74) is 0.812. The number of benzene rings is 1. The minimum Gasteiger partial charge on any atom is -0.462 e. The molecule has 0 saturated heterocycles. The van der Waals surface area contributed by atoms with Crippen LogP contribution in [0.5, 0.6) is 0 Å². The molecule has 1 fully saturated rings. The number of esters is 1. The van der Waals surface area contributed by atoms with Gasteiger partial charge in [0.2, 0.25) is 0 Å². The van der Waals surface area contributed by atoms with E-state index in [1.807, 2.05) is 13.8 Å². The Hall–Kier alpha value is -2.30. The fraction of sp³-hybridized carbons (Fsp3) is 0.630. The lowest BCUT2D eigenvalue weighted by Crippen LogP contribution is -2.38. The number of carbonyl (C=O) groups is 3. The second kappa shape index (κ2) is 13.3. The number of nitrogens with zero attached hydrogens (tertiary/aromatic N) is 1. The second-order valence-corrected chi connectivity index (χ2v) is 9.72. The lowest BCUT2D eigenvalue weighted by molar-refractivity contribution is -0.136. The number of ketones is 2. The van der Waals surface area contributed by atoms with E-state index in [9.17, 15) is 14.4 Å². The van der Waals surface area contributed by atoms with E-state index >= 15 is 0 Å². The lowest BCUT2D eigenvalue weighted by atomic mass is 9.72. The summed E-state index contributed by atoms with van der Waals surface area (Å²) in [6.45, 7) is 6.54. The normalized spacial score (nSPS) is 16.6. The Morgan fingerprint density at radius 2 is 1.47 bits per heavy atom. The first-order valence-corrected chi connectivity index (χ1v) is 12.2. The molecule has 176 valence electrons. The average molecular weight is 442 g/mol. The van der Waals surface area contributed by atoms with Gasteiger partial charge in [0, 0.05) is 19.1 Å². The SMILES string of the molecule is CCCCCCCCCCCOC(=O)c1ccc(N=CC2C(=O)CC(C)(C)CC2=O)cc1. The highest BCUT2D eigenvalue weighted by atomic mass is 16.5. The van der Waals surface area contributed by atoms with Crippen LogP contribution in [0.3, 0.4) is 0 Å². The van der Waals surface area contributed by atoms with E-state index in [1.165, 1.54) is 51.2 Å². The number of hydrogen-bond donors (Lipinski definition) is 0. The molecule has 1 aliphatic rings. The van der Waals surface area contributed by atoms with Crippen LogP contribution >= 0.6 is 0 Å². The van der Waals surface area contributed by atoms with Gasteiger partial charge in [0.25, 0.3) is 0 Å². The molecule has 1 saturated carbocycles. The summed E-state index contributed by atoms with van der Waals surface area (Å²) in [6, 6.07) is 6.73. The highest BCUT2D eigenvalue weighted by Gasteiger charge is 2.38. The highest BCUT2D eigenvalue weighted by Crippen LogP contribution is 2.33. The maximum Gasteiger partial charge on any atom is 0.338 e. The first kappa shape index (κ1) is 26.0. The minimum atomic E-state index is -0.760. The molecule has 2 rings (SSSR count). The molecule has 0 N–H and O–H groups in total. The zero-order valence-corrected chi connectivity index (χ0v) is 20.0. The van der Waals surface area contributed by atoms with Crippen molar-refractivity contribution in [3.05, 3.63) is 29.8 Å². The highest BCUT2D eigenvalue weighted by molar-refractivity contribution is 6.16. The number of rotatable bonds is 13. The van der Waals surface area contributed by atoms with Crippen LogP contribution < -0.4 is 0 Å². The van der Waals surface area contributed by atoms with Gasteiger partial charge in [-0.05, 0) is 36.1 Å². The zero-order valence-electron chi connectivity index (χ0n) is 20.0. The Bertz CT molecular complexity index is 759. The fourth-order valence-corrected chi connectivity index (χ4v) is 4.08. The molecule has 0 aromatic heterocycles. The summed E-state index contributed by atoms with van der Waals surface area (Å²) in [6.07, 6.45) is 13.2. The Morgan fingerprint density at radius 1 is 0.938 bits per heavy atom. The summed E-state index contributed by atoms with van der Waals surface area (Å²) in [5, 5.41) is 0. The van der Waals surface area contributed by atoms with Gasteiger partial charge < -0.3 is 4.74 Å². The smallest absolute Gasteiger partial charge is 0.338 e. The Balaban J connectivity index is 1.68. The minimum absolute atomic E-state index is 0.0771. The van der Waals surface area contributed by atoms with Crippen LogP contribution in [0.2, 0.25) is 0 Å². The van der Waals surface area contributed by atoms with Crippen LogP contribution in [0.15, 0.2) is 29.3 Å². The number of Topliss-reactive ketones (excluding diaryl/α,β-unsaturated/α-hetero) is 2. The molecule has 5 nitrogen and oxygen atoms in total. The van der Waals surface area contributed by atoms with Crippen molar-refractivity contribution in [1.29, 1.82) is 0 Å². The molecular weight excluding hydrogens is 402 g/mol. The molecule has 1 aromatic rings. The van der Waals surface area contributed by atoms with Gasteiger partial charge in [0.1, 0.15) is 17.5 Å².